The lowest BCUT2D eigenvalue weighted by Crippen LogP contribution is -2.42. The molecule has 4 aliphatic rings. The van der Waals surface area contributed by atoms with Gasteiger partial charge in [0.05, 0.1) is 33.8 Å². The van der Waals surface area contributed by atoms with Gasteiger partial charge in [-0.05, 0) is 78.3 Å². The number of halogens is 4. The molecule has 3 heterocycles. The number of H-pyrrole nitrogens is 1. The van der Waals surface area contributed by atoms with Gasteiger partial charge in [-0.2, -0.15) is 13.2 Å². The number of amides is 3. The Hall–Kier alpha value is -4.43. The Morgan fingerprint density at radius 1 is 0.938 bits per heavy atom. The molecular weight excluding hydrogens is 671 g/mol. The Morgan fingerprint density at radius 3 is 2.33 bits per heavy atom. The van der Waals surface area contributed by atoms with E-state index in [1.807, 2.05) is 12.1 Å². The van der Waals surface area contributed by atoms with Gasteiger partial charge in [-0.1, -0.05) is 35.6 Å². The molecule has 3 amide bonds. The van der Waals surface area contributed by atoms with Crippen LogP contribution in [0, 0.1) is 35.4 Å². The predicted molar refractivity (Wildman–Crippen MR) is 169 cm³/mol. The van der Waals surface area contributed by atoms with E-state index in [1.165, 1.54) is 47.4 Å². The first kappa shape index (κ1) is 30.9. The van der Waals surface area contributed by atoms with Crippen molar-refractivity contribution in [2.24, 2.45) is 29.6 Å². The number of rotatable bonds is 6. The van der Waals surface area contributed by atoms with Crippen LogP contribution in [0.3, 0.4) is 0 Å². The summed E-state index contributed by atoms with van der Waals surface area (Å²) in [7, 11) is 0. The minimum Gasteiger partial charge on any atom is -0.484 e. The molecule has 8 rings (SSSR count). The summed E-state index contributed by atoms with van der Waals surface area (Å²) in [6, 6.07) is 17.0. The van der Waals surface area contributed by atoms with Crippen LogP contribution in [0.4, 0.5) is 28.9 Å². The van der Waals surface area contributed by atoms with Gasteiger partial charge < -0.3 is 15.0 Å². The maximum Gasteiger partial charge on any atom is 0.418 e. The maximum absolute atomic E-state index is 13.8. The molecule has 4 unspecified atom stereocenters. The third kappa shape index (κ3) is 4.95. The molecule has 3 aromatic carbocycles. The quantitative estimate of drug-likeness (QED) is 0.181. The van der Waals surface area contributed by atoms with Crippen molar-refractivity contribution in [1.29, 1.82) is 0 Å². The lowest BCUT2D eigenvalue weighted by Gasteiger charge is -2.43. The highest BCUT2D eigenvalue weighted by Gasteiger charge is 2.69. The summed E-state index contributed by atoms with van der Waals surface area (Å²) in [6.45, 7) is -0.520. The van der Waals surface area contributed by atoms with Gasteiger partial charge in [-0.3, -0.25) is 24.1 Å². The zero-order valence-electron chi connectivity index (χ0n) is 24.7. The van der Waals surface area contributed by atoms with Gasteiger partial charge in [0.25, 0.3) is 5.91 Å². The Morgan fingerprint density at radius 2 is 1.62 bits per heavy atom. The van der Waals surface area contributed by atoms with E-state index >= 15 is 0 Å². The van der Waals surface area contributed by atoms with Crippen molar-refractivity contribution < 1.29 is 36.7 Å². The Labute approximate surface area is 278 Å². The number of carbonyl (C=O) groups excluding carboxylic acids is 3. The fourth-order valence-electron chi connectivity index (χ4n) is 8.18. The third-order valence-corrected chi connectivity index (χ3v) is 12.5. The molecule has 7 atom stereocenters. The van der Waals surface area contributed by atoms with E-state index in [0.717, 1.165) is 32.9 Å². The number of imide groups is 1. The number of hydrogen-bond acceptors (Lipinski definition) is 7. The molecule has 0 radical (unpaired) electrons. The molecule has 1 saturated heterocycles. The summed E-state index contributed by atoms with van der Waals surface area (Å²) in [5.74, 6) is -2.94. The molecule has 3 fully saturated rings. The number of hydrogen-bond donors (Lipinski definition) is 2. The van der Waals surface area contributed by atoms with Crippen LogP contribution in [0.1, 0.15) is 28.3 Å². The van der Waals surface area contributed by atoms with Crippen molar-refractivity contribution in [3.8, 4) is 5.75 Å². The van der Waals surface area contributed by atoms with Crippen LogP contribution >= 0.6 is 23.1 Å². The van der Waals surface area contributed by atoms with Crippen molar-refractivity contribution in [3.05, 3.63) is 104 Å². The van der Waals surface area contributed by atoms with Crippen LogP contribution < -0.4 is 19.8 Å². The number of thiazole rings is 1. The fourth-order valence-corrected chi connectivity index (χ4v) is 11.1. The van der Waals surface area contributed by atoms with Crippen molar-refractivity contribution in [1.82, 2.24) is 4.98 Å². The second-order valence-corrected chi connectivity index (χ2v) is 14.6. The van der Waals surface area contributed by atoms with Gasteiger partial charge in [-0.15, -0.1) is 11.8 Å². The number of nitrogens with zero attached hydrogens (tertiary/aromatic N) is 1. The van der Waals surface area contributed by atoms with E-state index in [2.05, 4.69) is 10.3 Å². The minimum atomic E-state index is -4.63. The number of para-hydroxylation sites is 1. The summed E-state index contributed by atoms with van der Waals surface area (Å²) in [5, 5.41) is 2.98. The Balaban J connectivity index is 1.03. The molecule has 48 heavy (non-hydrogen) atoms. The molecule has 2 saturated carbocycles. The molecule has 2 bridgehead atoms. The number of anilines is 2. The first-order valence-electron chi connectivity index (χ1n) is 15.2. The van der Waals surface area contributed by atoms with Crippen LogP contribution in [0.2, 0.25) is 0 Å². The summed E-state index contributed by atoms with van der Waals surface area (Å²) < 4.78 is 59.2. The van der Waals surface area contributed by atoms with E-state index in [0.29, 0.717) is 17.9 Å². The number of benzene rings is 3. The number of ether oxygens (including phenoxy) is 1. The molecule has 8 nitrogen and oxygen atoms in total. The van der Waals surface area contributed by atoms with Crippen LogP contribution in [0.5, 0.6) is 5.75 Å². The monoisotopic (exact) mass is 695 g/mol. The Bertz CT molecular complexity index is 2010. The normalized spacial score (nSPS) is 27.1. The van der Waals surface area contributed by atoms with E-state index in [1.54, 1.807) is 23.9 Å². The second kappa shape index (κ2) is 11.3. The van der Waals surface area contributed by atoms with Gasteiger partial charge >= 0.3 is 11.0 Å². The third-order valence-electron chi connectivity index (χ3n) is 9.92. The van der Waals surface area contributed by atoms with Crippen LogP contribution in [-0.2, 0) is 20.6 Å². The topological polar surface area (TPSA) is 109 Å². The largest absolute Gasteiger partial charge is 0.484 e. The Kier molecular flexibility index (Phi) is 7.29. The highest BCUT2D eigenvalue weighted by Crippen LogP contribution is 2.68. The SMILES string of the molecule is O=C(COc1ccc([C@H]2c3sc(=O)[nH]c3SC3C2[C@H]2C[C@@H]3C3C(=O)N(c4ccc(F)cc4)C(=O)C32)cc1)Nc1ccccc1C(F)(F)F. The lowest BCUT2D eigenvalue weighted by atomic mass is 9.68. The first-order valence-corrected chi connectivity index (χ1v) is 16.9. The zero-order valence-corrected chi connectivity index (χ0v) is 26.3. The predicted octanol–water partition coefficient (Wildman–Crippen LogP) is 6.29. The van der Waals surface area contributed by atoms with Gasteiger partial charge in [0.2, 0.25) is 11.8 Å². The van der Waals surface area contributed by atoms with E-state index < -0.39 is 41.9 Å². The summed E-state index contributed by atoms with van der Waals surface area (Å²) in [5.41, 5.74) is -0.105. The van der Waals surface area contributed by atoms with Crippen LogP contribution in [0.15, 0.2) is 82.6 Å². The highest BCUT2D eigenvalue weighted by atomic mass is 32.2. The summed E-state index contributed by atoms with van der Waals surface area (Å²) in [4.78, 5) is 57.4. The number of aromatic amines is 1. The van der Waals surface area contributed by atoms with Crippen molar-refractivity contribution in [3.63, 3.8) is 0 Å². The molecule has 0 spiro atoms. The summed E-state index contributed by atoms with van der Waals surface area (Å²) >= 11 is 2.69. The molecule has 2 N–H and O–H groups in total. The molecule has 246 valence electrons. The standard InChI is InChI=1S/C34H25F4N3O5S2/c35-16-7-9-17(10-8-16)41-31(43)26-19-13-20(27(26)32(41)44)28-25(19)24(29-30(47-28)40-33(45)48-29)15-5-11-18(12-6-15)46-14-23(42)39-22-4-2-1-3-21(22)34(36,37)38/h1-12,19-20,24-28H,13-14H2,(H,39,42)(H,40,45)/t19-,20-,24-,25?,26?,27?,28?/m1/s1. The number of alkyl halides is 3. The average Bonchev–Trinajstić information content (AvgIpc) is 3.79. The summed E-state index contributed by atoms with van der Waals surface area (Å²) in [6.07, 6.45) is -3.93. The van der Waals surface area contributed by atoms with Crippen LogP contribution in [0.25, 0.3) is 0 Å². The molecule has 4 aromatic rings. The minimum absolute atomic E-state index is 0.0249. The number of thioether (sulfide) groups is 1. The fraction of sp³-hybridized carbons (Fsp3) is 0.294. The average molecular weight is 696 g/mol. The van der Waals surface area contributed by atoms with Crippen molar-refractivity contribution in [2.45, 2.75) is 28.8 Å². The van der Waals surface area contributed by atoms with E-state index in [-0.39, 0.29) is 51.3 Å². The molecule has 2 aliphatic carbocycles. The van der Waals surface area contributed by atoms with Gasteiger partial charge in [0, 0.05) is 16.0 Å². The zero-order chi connectivity index (χ0) is 33.5. The van der Waals surface area contributed by atoms with Crippen LogP contribution in [-0.4, -0.2) is 34.6 Å². The molecule has 2 aliphatic heterocycles. The van der Waals surface area contributed by atoms with Crippen molar-refractivity contribution >= 4 is 52.2 Å². The number of carbonyl (C=O) groups is 3. The van der Waals surface area contributed by atoms with E-state index in [4.69, 9.17) is 4.74 Å². The second-order valence-electron chi connectivity index (χ2n) is 12.4. The van der Waals surface area contributed by atoms with Gasteiger partial charge in [0.1, 0.15) is 11.6 Å². The maximum atomic E-state index is 13.8. The number of nitrogens with one attached hydrogen (secondary N) is 2. The smallest absolute Gasteiger partial charge is 0.418 e. The van der Waals surface area contributed by atoms with Gasteiger partial charge in [0.15, 0.2) is 6.61 Å². The lowest BCUT2D eigenvalue weighted by molar-refractivity contribution is -0.137. The molecule has 1 aromatic heterocycles. The number of fused-ring (bicyclic) bond motifs is 9. The first-order chi connectivity index (χ1) is 23.0. The highest BCUT2D eigenvalue weighted by molar-refractivity contribution is 8.00. The molecular formula is C34H25F4N3O5S2. The van der Waals surface area contributed by atoms with Crippen molar-refractivity contribution in [2.75, 3.05) is 16.8 Å². The van der Waals surface area contributed by atoms with E-state index in [9.17, 15) is 36.7 Å². The molecule has 14 heteroatoms. The van der Waals surface area contributed by atoms with Gasteiger partial charge in [-0.25, -0.2) is 4.39 Å². The number of aromatic nitrogens is 1.